The van der Waals surface area contributed by atoms with E-state index in [2.05, 4.69) is 57.5 Å². The Kier molecular flexibility index (Phi) is 2.62. The van der Waals surface area contributed by atoms with Crippen molar-refractivity contribution in [1.82, 2.24) is 9.38 Å². The lowest BCUT2D eigenvalue weighted by Gasteiger charge is -2.26. The van der Waals surface area contributed by atoms with E-state index in [-0.39, 0.29) is 0 Å². The number of hydrogen-bond donors (Lipinski definition) is 0. The van der Waals surface area contributed by atoms with Gasteiger partial charge in [-0.3, -0.25) is 4.40 Å². The number of halogens is 1. The molecule has 17 heavy (non-hydrogen) atoms. The summed E-state index contributed by atoms with van der Waals surface area (Å²) in [6, 6.07) is 6.34. The summed E-state index contributed by atoms with van der Waals surface area (Å²) in [7, 11) is 4.15. The van der Waals surface area contributed by atoms with Crippen LogP contribution in [-0.4, -0.2) is 23.5 Å². The maximum absolute atomic E-state index is 4.71. The summed E-state index contributed by atoms with van der Waals surface area (Å²) in [6.45, 7) is 0. The second-order valence-electron chi connectivity index (χ2n) is 4.89. The zero-order valence-corrected chi connectivity index (χ0v) is 11.7. The third-order valence-corrected chi connectivity index (χ3v) is 4.13. The monoisotopic (exact) mass is 293 g/mol. The molecule has 2 aromatic heterocycles. The molecule has 1 aliphatic rings. The Labute approximate surface area is 110 Å². The molecule has 1 aliphatic carbocycles. The summed E-state index contributed by atoms with van der Waals surface area (Å²) >= 11 is 3.57. The molecule has 3 nitrogen and oxygen atoms in total. The molecule has 0 radical (unpaired) electrons. The zero-order valence-electron chi connectivity index (χ0n) is 10.2. The molecule has 0 aromatic carbocycles. The number of hydrogen-bond acceptors (Lipinski definition) is 2. The fourth-order valence-corrected chi connectivity index (χ4v) is 2.89. The predicted molar refractivity (Wildman–Crippen MR) is 73.8 cm³/mol. The van der Waals surface area contributed by atoms with Gasteiger partial charge in [-0.2, -0.15) is 0 Å². The van der Waals surface area contributed by atoms with Gasteiger partial charge in [-0.05, 0) is 40.9 Å². The molecule has 90 valence electrons. The van der Waals surface area contributed by atoms with E-state index in [1.165, 1.54) is 30.9 Å². The fraction of sp³-hybridized carbons (Fsp3) is 0.462. The number of imidazole rings is 1. The molecule has 0 aliphatic heterocycles. The van der Waals surface area contributed by atoms with E-state index >= 15 is 0 Å². The van der Waals surface area contributed by atoms with E-state index < -0.39 is 0 Å². The Hall–Kier alpha value is -1.03. The summed E-state index contributed by atoms with van der Waals surface area (Å²) in [4.78, 5) is 6.85. The summed E-state index contributed by atoms with van der Waals surface area (Å²) in [6.07, 6.45) is 3.88. The average molecular weight is 294 g/mol. The lowest BCUT2D eigenvalue weighted by Crippen LogP contribution is -2.17. The van der Waals surface area contributed by atoms with Gasteiger partial charge in [0, 0.05) is 20.0 Å². The van der Waals surface area contributed by atoms with Crippen molar-refractivity contribution in [3.8, 4) is 0 Å². The van der Waals surface area contributed by atoms with Gasteiger partial charge in [-0.15, -0.1) is 0 Å². The van der Waals surface area contributed by atoms with Crippen molar-refractivity contribution in [1.29, 1.82) is 0 Å². The van der Waals surface area contributed by atoms with Crippen molar-refractivity contribution in [2.45, 2.75) is 25.2 Å². The Morgan fingerprint density at radius 2 is 2.12 bits per heavy atom. The molecule has 1 fully saturated rings. The second-order valence-corrected chi connectivity index (χ2v) is 5.64. The highest BCUT2D eigenvalue weighted by atomic mass is 79.9. The Bertz CT molecular complexity index is 555. The van der Waals surface area contributed by atoms with Gasteiger partial charge in [0.2, 0.25) is 0 Å². The third-order valence-electron chi connectivity index (χ3n) is 3.55. The summed E-state index contributed by atoms with van der Waals surface area (Å²) in [5, 5.41) is 0. The minimum Gasteiger partial charge on any atom is -0.364 e. The Balaban J connectivity index is 2.27. The van der Waals surface area contributed by atoms with Crippen LogP contribution in [0.2, 0.25) is 0 Å². The highest BCUT2D eigenvalue weighted by Gasteiger charge is 2.26. The van der Waals surface area contributed by atoms with Gasteiger partial charge in [0.05, 0.1) is 5.52 Å². The first-order valence-corrected chi connectivity index (χ1v) is 6.82. The molecule has 4 heteroatoms. The van der Waals surface area contributed by atoms with E-state index in [0.717, 1.165) is 10.1 Å². The van der Waals surface area contributed by atoms with Crippen LogP contribution in [0.4, 0.5) is 5.82 Å². The lowest BCUT2D eigenvalue weighted by atomic mass is 9.85. The maximum atomic E-state index is 4.71. The van der Waals surface area contributed by atoms with Gasteiger partial charge < -0.3 is 4.90 Å². The second kappa shape index (κ2) is 4.02. The van der Waals surface area contributed by atoms with Crippen LogP contribution in [0.1, 0.15) is 31.0 Å². The standard InChI is InChI=1S/C13H16BrN3/c1-16(2)11-8-4-7-10-12(14)15-13(17(10)11)9-5-3-6-9/h4,7-9H,3,5-6H2,1-2H3. The largest absolute Gasteiger partial charge is 0.364 e. The van der Waals surface area contributed by atoms with Crippen LogP contribution in [0.3, 0.4) is 0 Å². The topological polar surface area (TPSA) is 20.5 Å². The molecule has 0 amide bonds. The van der Waals surface area contributed by atoms with Crippen molar-refractivity contribution >= 4 is 27.3 Å². The van der Waals surface area contributed by atoms with Gasteiger partial charge in [0.15, 0.2) is 0 Å². The van der Waals surface area contributed by atoms with E-state index in [1.807, 2.05) is 0 Å². The molecule has 0 unspecified atom stereocenters. The van der Waals surface area contributed by atoms with Crippen LogP contribution in [0.5, 0.6) is 0 Å². The summed E-state index contributed by atoms with van der Waals surface area (Å²) < 4.78 is 3.25. The van der Waals surface area contributed by atoms with Crippen molar-refractivity contribution in [3.63, 3.8) is 0 Å². The van der Waals surface area contributed by atoms with Crippen LogP contribution in [0, 0.1) is 0 Å². The number of nitrogens with zero attached hydrogens (tertiary/aromatic N) is 3. The van der Waals surface area contributed by atoms with Crippen LogP contribution < -0.4 is 4.90 Å². The van der Waals surface area contributed by atoms with Gasteiger partial charge in [0.1, 0.15) is 16.2 Å². The van der Waals surface area contributed by atoms with Crippen LogP contribution in [0.15, 0.2) is 22.8 Å². The normalized spacial score (nSPS) is 16.2. The Morgan fingerprint density at radius 3 is 2.71 bits per heavy atom. The minimum atomic E-state index is 0.634. The van der Waals surface area contributed by atoms with Crippen LogP contribution >= 0.6 is 15.9 Å². The fourth-order valence-electron chi connectivity index (χ4n) is 2.40. The van der Waals surface area contributed by atoms with E-state index in [1.54, 1.807) is 0 Å². The lowest BCUT2D eigenvalue weighted by molar-refractivity contribution is 0.400. The van der Waals surface area contributed by atoms with E-state index in [0.29, 0.717) is 5.92 Å². The van der Waals surface area contributed by atoms with Gasteiger partial charge in [-0.25, -0.2) is 4.98 Å². The highest BCUT2D eigenvalue weighted by molar-refractivity contribution is 9.10. The first kappa shape index (κ1) is 11.1. The first-order valence-electron chi connectivity index (χ1n) is 6.02. The number of rotatable bonds is 2. The zero-order chi connectivity index (χ0) is 12.0. The van der Waals surface area contributed by atoms with E-state index in [9.17, 15) is 0 Å². The molecule has 3 rings (SSSR count). The van der Waals surface area contributed by atoms with Gasteiger partial charge in [0.25, 0.3) is 0 Å². The van der Waals surface area contributed by atoms with Crippen LogP contribution in [0.25, 0.3) is 5.52 Å². The molecule has 0 spiro atoms. The molecule has 0 saturated heterocycles. The summed E-state index contributed by atoms with van der Waals surface area (Å²) in [5.74, 6) is 3.04. The first-order chi connectivity index (χ1) is 8.18. The van der Waals surface area contributed by atoms with Crippen molar-refractivity contribution in [3.05, 3.63) is 28.6 Å². The van der Waals surface area contributed by atoms with Crippen molar-refractivity contribution < 1.29 is 0 Å². The SMILES string of the molecule is CN(C)c1cccc2c(Br)nc(C3CCC3)n12. The molecular weight excluding hydrogens is 278 g/mol. The van der Waals surface area contributed by atoms with Crippen LogP contribution in [-0.2, 0) is 0 Å². The number of aromatic nitrogens is 2. The molecule has 0 N–H and O–H groups in total. The van der Waals surface area contributed by atoms with Crippen molar-refractivity contribution in [2.75, 3.05) is 19.0 Å². The quantitative estimate of drug-likeness (QED) is 0.846. The molecule has 0 bridgehead atoms. The van der Waals surface area contributed by atoms with Gasteiger partial charge in [-0.1, -0.05) is 12.5 Å². The number of anilines is 1. The third kappa shape index (κ3) is 1.66. The molecule has 2 heterocycles. The molecule has 1 saturated carbocycles. The van der Waals surface area contributed by atoms with Crippen molar-refractivity contribution in [2.24, 2.45) is 0 Å². The van der Waals surface area contributed by atoms with E-state index in [4.69, 9.17) is 4.98 Å². The molecular formula is C13H16BrN3. The minimum absolute atomic E-state index is 0.634. The Morgan fingerprint density at radius 1 is 1.35 bits per heavy atom. The predicted octanol–water partition coefficient (Wildman–Crippen LogP) is 3.43. The smallest absolute Gasteiger partial charge is 0.132 e. The number of pyridine rings is 1. The number of fused-ring (bicyclic) bond motifs is 1. The highest BCUT2D eigenvalue weighted by Crippen LogP contribution is 2.38. The maximum Gasteiger partial charge on any atom is 0.132 e. The summed E-state index contributed by atoms with van der Waals surface area (Å²) in [5.41, 5.74) is 1.16. The van der Waals surface area contributed by atoms with Gasteiger partial charge >= 0.3 is 0 Å². The molecule has 2 aromatic rings. The molecule has 0 atom stereocenters. The average Bonchev–Trinajstić information content (AvgIpc) is 2.54.